The monoisotopic (exact) mass is 343 g/mol. The number of rotatable bonds is 6. The van der Waals surface area contributed by atoms with Crippen LogP contribution in [-0.2, 0) is 12.8 Å². The summed E-state index contributed by atoms with van der Waals surface area (Å²) < 4.78 is 0. The number of benzene rings is 2. The quantitative estimate of drug-likeness (QED) is 0.709. The molecule has 3 rings (SSSR count). The normalized spacial score (nSPS) is 11.5. The maximum absolute atomic E-state index is 9.04. The van der Waals surface area contributed by atoms with E-state index in [1.165, 1.54) is 5.56 Å². The number of hydrogen-bond donors (Lipinski definition) is 2. The molecule has 26 heavy (non-hydrogen) atoms. The summed E-state index contributed by atoms with van der Waals surface area (Å²) in [5.41, 5.74) is 9.76. The Morgan fingerprint density at radius 2 is 1.92 bits per heavy atom. The van der Waals surface area contributed by atoms with Crippen molar-refractivity contribution in [3.05, 3.63) is 83.0 Å². The number of hydrogen-bond acceptors (Lipinski definition) is 5. The SMILES string of the molecule is CC(Nc1nc(N)ncc1CCc1cccc(C#N)c1)c1ccccc1. The van der Waals surface area contributed by atoms with Gasteiger partial charge in [-0.1, -0.05) is 42.5 Å². The maximum Gasteiger partial charge on any atom is 0.221 e. The van der Waals surface area contributed by atoms with Gasteiger partial charge in [-0.3, -0.25) is 0 Å². The average Bonchev–Trinajstić information content (AvgIpc) is 2.68. The molecule has 0 aliphatic heterocycles. The molecule has 0 aliphatic rings. The predicted molar refractivity (Wildman–Crippen MR) is 103 cm³/mol. The fraction of sp³-hybridized carbons (Fsp3) is 0.190. The van der Waals surface area contributed by atoms with Crippen molar-refractivity contribution < 1.29 is 0 Å². The fourth-order valence-electron chi connectivity index (χ4n) is 2.83. The lowest BCUT2D eigenvalue weighted by atomic mass is 10.0. The van der Waals surface area contributed by atoms with Crippen LogP contribution >= 0.6 is 0 Å². The molecule has 0 amide bonds. The topological polar surface area (TPSA) is 87.6 Å². The van der Waals surface area contributed by atoms with E-state index in [1.54, 1.807) is 6.20 Å². The molecule has 1 heterocycles. The van der Waals surface area contributed by atoms with E-state index < -0.39 is 0 Å². The Labute approximate surface area is 153 Å². The molecule has 3 aromatic rings. The smallest absolute Gasteiger partial charge is 0.221 e. The lowest BCUT2D eigenvalue weighted by Crippen LogP contribution is -2.12. The molecule has 5 nitrogen and oxygen atoms in total. The second-order valence-electron chi connectivity index (χ2n) is 6.19. The number of aryl methyl sites for hydroxylation is 2. The predicted octanol–water partition coefficient (Wildman–Crippen LogP) is 3.89. The van der Waals surface area contributed by atoms with Crippen molar-refractivity contribution in [2.45, 2.75) is 25.8 Å². The van der Waals surface area contributed by atoms with E-state index in [9.17, 15) is 0 Å². The Balaban J connectivity index is 1.76. The first-order valence-electron chi connectivity index (χ1n) is 8.57. The number of anilines is 2. The molecule has 0 aliphatic carbocycles. The lowest BCUT2D eigenvalue weighted by molar-refractivity contribution is 0.855. The minimum atomic E-state index is 0.103. The van der Waals surface area contributed by atoms with E-state index in [2.05, 4.69) is 40.4 Å². The zero-order chi connectivity index (χ0) is 18.4. The third-order valence-electron chi connectivity index (χ3n) is 4.28. The zero-order valence-electron chi connectivity index (χ0n) is 14.7. The molecule has 130 valence electrons. The minimum Gasteiger partial charge on any atom is -0.368 e. The summed E-state index contributed by atoms with van der Waals surface area (Å²) in [6.45, 7) is 2.09. The maximum atomic E-state index is 9.04. The summed E-state index contributed by atoms with van der Waals surface area (Å²) in [5, 5.41) is 12.5. The van der Waals surface area contributed by atoms with E-state index in [1.807, 2.05) is 42.5 Å². The van der Waals surface area contributed by atoms with Crippen LogP contribution in [0.5, 0.6) is 0 Å². The van der Waals surface area contributed by atoms with Crippen LogP contribution in [0.15, 0.2) is 60.8 Å². The van der Waals surface area contributed by atoms with Gasteiger partial charge in [-0.2, -0.15) is 10.2 Å². The highest BCUT2D eigenvalue weighted by Gasteiger charge is 2.11. The van der Waals surface area contributed by atoms with Crippen LogP contribution in [0.2, 0.25) is 0 Å². The number of nitrogen functional groups attached to an aromatic ring is 1. The van der Waals surface area contributed by atoms with Gasteiger partial charge in [0.15, 0.2) is 0 Å². The fourth-order valence-corrected chi connectivity index (χ4v) is 2.83. The van der Waals surface area contributed by atoms with Gasteiger partial charge in [-0.15, -0.1) is 0 Å². The lowest BCUT2D eigenvalue weighted by Gasteiger charge is -2.17. The van der Waals surface area contributed by atoms with Crippen LogP contribution in [0.1, 0.15) is 35.2 Å². The first-order valence-corrected chi connectivity index (χ1v) is 8.57. The molecule has 0 saturated heterocycles. The summed E-state index contributed by atoms with van der Waals surface area (Å²) >= 11 is 0. The molecule has 0 saturated carbocycles. The van der Waals surface area contributed by atoms with E-state index in [0.29, 0.717) is 5.56 Å². The largest absolute Gasteiger partial charge is 0.368 e. The van der Waals surface area contributed by atoms with Gasteiger partial charge in [0, 0.05) is 17.8 Å². The van der Waals surface area contributed by atoms with E-state index >= 15 is 0 Å². The second-order valence-corrected chi connectivity index (χ2v) is 6.19. The summed E-state index contributed by atoms with van der Waals surface area (Å²) in [6.07, 6.45) is 3.34. The van der Waals surface area contributed by atoms with E-state index in [-0.39, 0.29) is 12.0 Å². The van der Waals surface area contributed by atoms with Crippen molar-refractivity contribution in [2.75, 3.05) is 11.1 Å². The van der Waals surface area contributed by atoms with Crippen LogP contribution in [0.3, 0.4) is 0 Å². The molecule has 1 unspecified atom stereocenters. The van der Waals surface area contributed by atoms with E-state index in [0.717, 1.165) is 29.8 Å². The molecule has 0 fully saturated rings. The summed E-state index contributed by atoms with van der Waals surface area (Å²) in [5.74, 6) is 1.01. The van der Waals surface area contributed by atoms with Crippen molar-refractivity contribution in [1.29, 1.82) is 5.26 Å². The third-order valence-corrected chi connectivity index (χ3v) is 4.28. The number of nitrogens with zero attached hydrogens (tertiary/aromatic N) is 3. The highest BCUT2D eigenvalue weighted by molar-refractivity contribution is 5.48. The van der Waals surface area contributed by atoms with Crippen molar-refractivity contribution in [2.24, 2.45) is 0 Å². The van der Waals surface area contributed by atoms with Crippen LogP contribution in [0.4, 0.5) is 11.8 Å². The Hall–Kier alpha value is -3.39. The Bertz CT molecular complexity index is 915. The molecular formula is C21H21N5. The van der Waals surface area contributed by atoms with Gasteiger partial charge in [-0.05, 0) is 43.0 Å². The van der Waals surface area contributed by atoms with Crippen LogP contribution in [0, 0.1) is 11.3 Å². The second kappa shape index (κ2) is 8.13. The van der Waals surface area contributed by atoms with Crippen LogP contribution < -0.4 is 11.1 Å². The van der Waals surface area contributed by atoms with Crippen LogP contribution in [0.25, 0.3) is 0 Å². The number of nitrogens with one attached hydrogen (secondary N) is 1. The highest BCUT2D eigenvalue weighted by atomic mass is 15.1. The standard InChI is InChI=1S/C21H21N5/c1-15(18-8-3-2-4-9-18)25-20-19(14-24-21(23)26-20)11-10-16-6-5-7-17(12-16)13-22/h2-9,12,14-15H,10-11H2,1H3,(H3,23,24,25,26). The molecule has 0 bridgehead atoms. The Kier molecular flexibility index (Phi) is 5.45. The molecule has 0 radical (unpaired) electrons. The highest BCUT2D eigenvalue weighted by Crippen LogP contribution is 2.22. The molecular weight excluding hydrogens is 322 g/mol. The number of nitrogens with two attached hydrogens (primary N) is 1. The van der Waals surface area contributed by atoms with Crippen molar-refractivity contribution >= 4 is 11.8 Å². The Morgan fingerprint density at radius 1 is 1.12 bits per heavy atom. The van der Waals surface area contributed by atoms with Gasteiger partial charge in [-0.25, -0.2) is 4.98 Å². The minimum absolute atomic E-state index is 0.103. The van der Waals surface area contributed by atoms with Gasteiger partial charge in [0.25, 0.3) is 0 Å². The first kappa shape index (κ1) is 17.4. The third kappa shape index (κ3) is 4.37. The average molecular weight is 343 g/mol. The summed E-state index contributed by atoms with van der Waals surface area (Å²) in [6, 6.07) is 20.1. The van der Waals surface area contributed by atoms with Gasteiger partial charge in [0.05, 0.1) is 11.6 Å². The van der Waals surface area contributed by atoms with Crippen molar-refractivity contribution in [3.63, 3.8) is 0 Å². The molecule has 1 aromatic heterocycles. The van der Waals surface area contributed by atoms with Gasteiger partial charge in [0.2, 0.25) is 5.95 Å². The molecule has 1 atom stereocenters. The summed E-state index contributed by atoms with van der Waals surface area (Å²) in [7, 11) is 0. The number of nitriles is 1. The van der Waals surface area contributed by atoms with E-state index in [4.69, 9.17) is 11.0 Å². The van der Waals surface area contributed by atoms with Crippen molar-refractivity contribution in [1.82, 2.24) is 9.97 Å². The van der Waals surface area contributed by atoms with Crippen molar-refractivity contribution in [3.8, 4) is 6.07 Å². The van der Waals surface area contributed by atoms with Gasteiger partial charge >= 0.3 is 0 Å². The molecule has 5 heteroatoms. The first-order chi connectivity index (χ1) is 12.7. The Morgan fingerprint density at radius 3 is 2.69 bits per heavy atom. The zero-order valence-corrected chi connectivity index (χ0v) is 14.7. The van der Waals surface area contributed by atoms with Gasteiger partial charge < -0.3 is 11.1 Å². The molecule has 2 aromatic carbocycles. The molecule has 0 spiro atoms. The van der Waals surface area contributed by atoms with Gasteiger partial charge in [0.1, 0.15) is 5.82 Å². The molecule has 3 N–H and O–H groups in total. The number of aromatic nitrogens is 2. The summed E-state index contributed by atoms with van der Waals surface area (Å²) in [4.78, 5) is 8.53. The van der Waals surface area contributed by atoms with Crippen LogP contribution in [-0.4, -0.2) is 9.97 Å².